The number of nitrogens with one attached hydrogen (secondary N) is 1. The van der Waals surface area contributed by atoms with Gasteiger partial charge in [0.05, 0.1) is 12.2 Å². The van der Waals surface area contributed by atoms with Crippen molar-refractivity contribution in [1.82, 2.24) is 5.32 Å². The minimum absolute atomic E-state index is 0.235. The molecule has 0 aliphatic carbocycles. The topological polar surface area (TPSA) is 84.6 Å². The molecule has 1 rings (SSSR count). The minimum atomic E-state index is -0.914. The third-order valence-corrected chi connectivity index (χ3v) is 2.92. The number of hydrogen-bond donors (Lipinski definition) is 3. The molecule has 16 heavy (non-hydrogen) atoms. The highest BCUT2D eigenvalue weighted by Crippen LogP contribution is 2.16. The molecule has 1 aliphatic rings. The molecule has 1 aliphatic heterocycles. The van der Waals surface area contributed by atoms with Crippen molar-refractivity contribution in [2.75, 3.05) is 19.8 Å². The van der Waals surface area contributed by atoms with Crippen LogP contribution in [0, 0.1) is 0 Å². The third-order valence-electron chi connectivity index (χ3n) is 2.92. The second-order valence-corrected chi connectivity index (χ2v) is 4.89. The number of rotatable bonds is 5. The van der Waals surface area contributed by atoms with Gasteiger partial charge >= 0.3 is 0 Å². The summed E-state index contributed by atoms with van der Waals surface area (Å²) in [5.74, 6) is -0.235. The Morgan fingerprint density at radius 2 is 2.38 bits per heavy atom. The van der Waals surface area contributed by atoms with E-state index < -0.39 is 11.1 Å². The highest BCUT2D eigenvalue weighted by Gasteiger charge is 2.38. The van der Waals surface area contributed by atoms with Crippen LogP contribution in [0.4, 0.5) is 0 Å². The molecule has 2 unspecified atom stereocenters. The molecule has 94 valence electrons. The Bertz CT molecular complexity index is 248. The maximum Gasteiger partial charge on any atom is 0.242 e. The zero-order chi connectivity index (χ0) is 12.2. The maximum atomic E-state index is 11.8. The lowest BCUT2D eigenvalue weighted by Crippen LogP contribution is -2.56. The average Bonchev–Trinajstić information content (AvgIpc) is 2.63. The van der Waals surface area contributed by atoms with Gasteiger partial charge in [-0.15, -0.1) is 0 Å². The van der Waals surface area contributed by atoms with Crippen LogP contribution in [0.3, 0.4) is 0 Å². The van der Waals surface area contributed by atoms with Crippen molar-refractivity contribution in [1.29, 1.82) is 0 Å². The van der Waals surface area contributed by atoms with Gasteiger partial charge in [-0.1, -0.05) is 13.3 Å². The summed E-state index contributed by atoms with van der Waals surface area (Å²) in [6.45, 7) is 4.72. The van der Waals surface area contributed by atoms with Gasteiger partial charge in [-0.3, -0.25) is 4.79 Å². The highest BCUT2D eigenvalue weighted by atomic mass is 16.5. The van der Waals surface area contributed by atoms with Gasteiger partial charge in [0.2, 0.25) is 5.91 Å². The van der Waals surface area contributed by atoms with Crippen LogP contribution in [0.15, 0.2) is 0 Å². The van der Waals surface area contributed by atoms with E-state index in [1.54, 1.807) is 6.92 Å². The first-order valence-corrected chi connectivity index (χ1v) is 5.77. The zero-order valence-electron chi connectivity index (χ0n) is 10.1. The van der Waals surface area contributed by atoms with Crippen molar-refractivity contribution in [3.8, 4) is 0 Å². The zero-order valence-corrected chi connectivity index (χ0v) is 10.1. The Morgan fingerprint density at radius 3 is 2.88 bits per heavy atom. The SMILES string of the molecule is CCCC(C)(O)CNC(=O)C1(N)CCOC1. The predicted octanol–water partition coefficient (Wildman–Crippen LogP) is -0.228. The molecule has 0 radical (unpaired) electrons. The van der Waals surface area contributed by atoms with E-state index in [4.69, 9.17) is 10.5 Å². The molecule has 4 N–H and O–H groups in total. The summed E-state index contributed by atoms with van der Waals surface area (Å²) in [6, 6.07) is 0. The van der Waals surface area contributed by atoms with Crippen LogP contribution in [-0.4, -0.2) is 41.9 Å². The molecular weight excluding hydrogens is 208 g/mol. The quantitative estimate of drug-likeness (QED) is 0.609. The molecule has 0 aromatic carbocycles. The smallest absolute Gasteiger partial charge is 0.242 e. The second-order valence-electron chi connectivity index (χ2n) is 4.89. The number of hydrogen-bond acceptors (Lipinski definition) is 4. The molecule has 0 spiro atoms. The van der Waals surface area contributed by atoms with Gasteiger partial charge in [0, 0.05) is 13.2 Å². The van der Waals surface area contributed by atoms with Crippen molar-refractivity contribution < 1.29 is 14.6 Å². The molecule has 2 atom stereocenters. The lowest BCUT2D eigenvalue weighted by Gasteiger charge is -2.26. The first-order valence-electron chi connectivity index (χ1n) is 5.77. The molecule has 0 bridgehead atoms. The van der Waals surface area contributed by atoms with Crippen molar-refractivity contribution in [3.05, 3.63) is 0 Å². The highest BCUT2D eigenvalue weighted by molar-refractivity contribution is 5.86. The van der Waals surface area contributed by atoms with Gasteiger partial charge in [-0.25, -0.2) is 0 Å². The van der Waals surface area contributed by atoms with Gasteiger partial charge in [-0.05, 0) is 19.8 Å². The van der Waals surface area contributed by atoms with Crippen molar-refractivity contribution in [2.24, 2.45) is 5.73 Å². The van der Waals surface area contributed by atoms with Gasteiger partial charge < -0.3 is 20.9 Å². The van der Waals surface area contributed by atoms with Gasteiger partial charge in [0.15, 0.2) is 0 Å². The number of amides is 1. The predicted molar refractivity (Wildman–Crippen MR) is 60.9 cm³/mol. The van der Waals surface area contributed by atoms with Crippen LogP contribution in [0.1, 0.15) is 33.1 Å². The summed E-state index contributed by atoms with van der Waals surface area (Å²) in [6.07, 6.45) is 2.07. The first kappa shape index (κ1) is 13.4. The molecule has 1 saturated heterocycles. The Kier molecular flexibility index (Phi) is 4.29. The lowest BCUT2D eigenvalue weighted by atomic mass is 9.97. The van der Waals surface area contributed by atoms with Gasteiger partial charge in [0.1, 0.15) is 5.54 Å². The molecule has 1 heterocycles. The Labute approximate surface area is 96.3 Å². The van der Waals surface area contributed by atoms with Crippen molar-refractivity contribution >= 4 is 5.91 Å². The monoisotopic (exact) mass is 230 g/mol. The van der Waals surface area contributed by atoms with Crippen molar-refractivity contribution in [3.63, 3.8) is 0 Å². The van der Waals surface area contributed by atoms with Crippen LogP contribution in [0.25, 0.3) is 0 Å². The fourth-order valence-electron chi connectivity index (χ4n) is 1.83. The molecule has 1 amide bonds. The van der Waals surface area contributed by atoms with E-state index in [2.05, 4.69) is 5.32 Å². The van der Waals surface area contributed by atoms with Crippen LogP contribution < -0.4 is 11.1 Å². The van der Waals surface area contributed by atoms with E-state index in [9.17, 15) is 9.90 Å². The van der Waals surface area contributed by atoms with E-state index in [0.29, 0.717) is 19.4 Å². The van der Waals surface area contributed by atoms with E-state index in [1.165, 1.54) is 0 Å². The summed E-state index contributed by atoms with van der Waals surface area (Å²) < 4.78 is 5.11. The fraction of sp³-hybridized carbons (Fsp3) is 0.909. The Balaban J connectivity index is 2.40. The summed E-state index contributed by atoms with van der Waals surface area (Å²) in [5, 5.41) is 12.6. The Hall–Kier alpha value is -0.650. The largest absolute Gasteiger partial charge is 0.388 e. The maximum absolute atomic E-state index is 11.8. The molecule has 1 fully saturated rings. The molecule has 0 aromatic rings. The van der Waals surface area contributed by atoms with Crippen LogP contribution in [0.2, 0.25) is 0 Å². The number of aliphatic hydroxyl groups is 1. The number of nitrogens with two attached hydrogens (primary N) is 1. The first-order chi connectivity index (χ1) is 7.40. The summed E-state index contributed by atoms with van der Waals surface area (Å²) in [5.41, 5.74) is 4.11. The summed E-state index contributed by atoms with van der Waals surface area (Å²) >= 11 is 0. The molecular formula is C11H22N2O3. The van der Waals surface area contributed by atoms with E-state index in [-0.39, 0.29) is 19.1 Å². The number of carbonyl (C=O) groups is 1. The second kappa shape index (κ2) is 5.12. The van der Waals surface area contributed by atoms with Crippen LogP contribution >= 0.6 is 0 Å². The molecule has 5 nitrogen and oxygen atoms in total. The van der Waals surface area contributed by atoms with Crippen LogP contribution in [0.5, 0.6) is 0 Å². The average molecular weight is 230 g/mol. The van der Waals surface area contributed by atoms with Gasteiger partial charge in [-0.2, -0.15) is 0 Å². The lowest BCUT2D eigenvalue weighted by molar-refractivity contribution is -0.127. The standard InChI is InChI=1S/C11H22N2O3/c1-3-4-10(2,15)7-13-9(14)11(12)5-6-16-8-11/h15H,3-8,12H2,1-2H3,(H,13,14). The normalized spacial score (nSPS) is 28.8. The van der Waals surface area contributed by atoms with Crippen molar-refractivity contribution in [2.45, 2.75) is 44.2 Å². The number of ether oxygens (including phenoxy) is 1. The van der Waals surface area contributed by atoms with Gasteiger partial charge in [0.25, 0.3) is 0 Å². The third kappa shape index (κ3) is 3.43. The molecule has 5 heteroatoms. The Morgan fingerprint density at radius 1 is 1.69 bits per heavy atom. The summed E-state index contributed by atoms with van der Waals surface area (Å²) in [7, 11) is 0. The van der Waals surface area contributed by atoms with E-state index in [1.807, 2.05) is 6.92 Å². The minimum Gasteiger partial charge on any atom is -0.388 e. The summed E-state index contributed by atoms with van der Waals surface area (Å²) in [4.78, 5) is 11.8. The van der Waals surface area contributed by atoms with E-state index >= 15 is 0 Å². The van der Waals surface area contributed by atoms with Crippen LogP contribution in [-0.2, 0) is 9.53 Å². The fourth-order valence-corrected chi connectivity index (χ4v) is 1.83. The molecule has 0 saturated carbocycles. The molecule has 0 aromatic heterocycles. The number of carbonyl (C=O) groups excluding carboxylic acids is 1. The van der Waals surface area contributed by atoms with E-state index in [0.717, 1.165) is 6.42 Å².